The highest BCUT2D eigenvalue weighted by molar-refractivity contribution is 5.81. The quantitative estimate of drug-likeness (QED) is 0.297. The first-order valence-electron chi connectivity index (χ1n) is 4.46. The van der Waals surface area contributed by atoms with E-state index >= 15 is 0 Å². The molecule has 0 aromatic heterocycles. The molecule has 0 saturated carbocycles. The number of nitrogens with two attached hydrogens (primary N) is 1. The first-order chi connectivity index (χ1) is 7.56. The third-order valence-corrected chi connectivity index (χ3v) is 1.45. The Morgan fingerprint density at radius 3 is 2.25 bits per heavy atom. The summed E-state index contributed by atoms with van der Waals surface area (Å²) in [6.45, 7) is 0.362. The van der Waals surface area contributed by atoms with Crippen LogP contribution in [0, 0.1) is 0 Å². The highest BCUT2D eigenvalue weighted by Gasteiger charge is 1.92. The number of benzene rings is 1. The van der Waals surface area contributed by atoms with Crippen molar-refractivity contribution in [3.05, 3.63) is 35.9 Å². The molecule has 0 aliphatic rings. The number of hydrogen-bond acceptors (Lipinski definition) is 5. The molecule has 0 spiro atoms. The molecule has 0 aliphatic carbocycles. The molecule has 1 rings (SSSR count). The second kappa shape index (κ2) is 8.54. The molecule has 0 saturated heterocycles. The van der Waals surface area contributed by atoms with E-state index in [1.54, 1.807) is 0 Å². The molecule has 16 heavy (non-hydrogen) atoms. The van der Waals surface area contributed by atoms with Gasteiger partial charge in [0, 0.05) is 0 Å². The maximum Gasteiger partial charge on any atom is 0.310 e. The highest BCUT2D eigenvalue weighted by Crippen LogP contribution is 1.98. The lowest BCUT2D eigenvalue weighted by Gasteiger charge is -2.05. The van der Waals surface area contributed by atoms with Crippen molar-refractivity contribution in [2.75, 3.05) is 0 Å². The number of carboxylic acid groups (broad SMARTS) is 1. The monoisotopic (exact) mass is 226 g/mol. The van der Waals surface area contributed by atoms with E-state index in [0.29, 0.717) is 18.0 Å². The average Bonchev–Trinajstić information content (AvgIpc) is 2.18. The molecular weight excluding hydrogens is 212 g/mol. The molecule has 0 aliphatic heterocycles. The predicted octanol–water partition coefficient (Wildman–Crippen LogP) is 0.411. The maximum atomic E-state index is 9.37. The smallest absolute Gasteiger partial charge is 0.310 e. The number of hydroxylamine groups is 1. The van der Waals surface area contributed by atoms with Gasteiger partial charge in [-0.2, -0.15) is 0 Å². The number of aliphatic carboxylic acids is 1. The third kappa shape index (κ3) is 8.82. The van der Waals surface area contributed by atoms with E-state index in [-0.39, 0.29) is 6.42 Å². The Hall–Kier alpha value is -1.76. The Morgan fingerprint density at radius 1 is 1.38 bits per heavy atom. The van der Waals surface area contributed by atoms with Crippen molar-refractivity contribution >= 4 is 12.3 Å². The van der Waals surface area contributed by atoms with E-state index in [1.807, 2.05) is 30.3 Å². The Morgan fingerprint density at radius 2 is 1.94 bits per heavy atom. The van der Waals surface area contributed by atoms with E-state index in [1.165, 1.54) is 0 Å². The number of carbonyl (C=O) groups is 2. The SMILES string of the molecule is NN(O)Cc1ccccc1.O=CCC(=O)O. The standard InChI is InChI=1S/C7H10N2O.C3H4O3/c8-9(10)6-7-4-2-1-3-5-7;4-2-1-3(5)6/h1-5,10H,6,8H2;2H,1H2,(H,5,6). The first kappa shape index (κ1) is 14.2. The van der Waals surface area contributed by atoms with E-state index < -0.39 is 5.97 Å². The minimum absolute atomic E-state index is 0.350. The van der Waals surface area contributed by atoms with Crippen molar-refractivity contribution in [2.45, 2.75) is 13.0 Å². The van der Waals surface area contributed by atoms with Crippen LogP contribution >= 0.6 is 0 Å². The van der Waals surface area contributed by atoms with Gasteiger partial charge in [0.05, 0.1) is 6.54 Å². The van der Waals surface area contributed by atoms with Gasteiger partial charge in [-0.25, -0.2) is 5.84 Å². The number of nitrogens with zero attached hydrogens (tertiary/aromatic N) is 1. The summed E-state index contributed by atoms with van der Waals surface area (Å²) in [5.74, 6) is 3.93. The van der Waals surface area contributed by atoms with E-state index in [9.17, 15) is 9.59 Å². The fourth-order valence-electron chi connectivity index (χ4n) is 0.842. The van der Waals surface area contributed by atoms with Crippen LogP contribution < -0.4 is 5.84 Å². The van der Waals surface area contributed by atoms with Gasteiger partial charge in [0.15, 0.2) is 0 Å². The van der Waals surface area contributed by atoms with Crippen LogP contribution in [0.1, 0.15) is 12.0 Å². The van der Waals surface area contributed by atoms with Gasteiger partial charge in [-0.3, -0.25) is 10.0 Å². The second-order valence-corrected chi connectivity index (χ2v) is 2.85. The normalized spacial score (nSPS) is 9.19. The molecule has 0 radical (unpaired) electrons. The van der Waals surface area contributed by atoms with Gasteiger partial charge < -0.3 is 9.90 Å². The third-order valence-electron chi connectivity index (χ3n) is 1.45. The fourth-order valence-corrected chi connectivity index (χ4v) is 0.842. The van der Waals surface area contributed by atoms with Crippen molar-refractivity contribution in [3.8, 4) is 0 Å². The molecule has 0 heterocycles. The first-order valence-corrected chi connectivity index (χ1v) is 4.46. The number of hydrogen-bond donors (Lipinski definition) is 3. The second-order valence-electron chi connectivity index (χ2n) is 2.85. The fraction of sp³-hybridized carbons (Fsp3) is 0.200. The van der Waals surface area contributed by atoms with Crippen LogP contribution in [-0.4, -0.2) is 27.7 Å². The van der Waals surface area contributed by atoms with Gasteiger partial charge in [-0.1, -0.05) is 30.3 Å². The summed E-state index contributed by atoms with van der Waals surface area (Å²) in [7, 11) is 0. The zero-order chi connectivity index (χ0) is 12.4. The maximum absolute atomic E-state index is 9.37. The molecule has 0 unspecified atom stereocenters. The molecule has 0 bridgehead atoms. The number of hydrazine groups is 1. The van der Waals surface area contributed by atoms with Gasteiger partial charge in [-0.05, 0) is 5.56 Å². The summed E-state index contributed by atoms with van der Waals surface area (Å²) < 4.78 is 0. The molecule has 6 nitrogen and oxygen atoms in total. The molecule has 6 heteroatoms. The Kier molecular flexibility index (Phi) is 7.60. The van der Waals surface area contributed by atoms with Crippen LogP contribution in [0.3, 0.4) is 0 Å². The molecular formula is C10H14N2O4. The van der Waals surface area contributed by atoms with Crippen LogP contribution in [0.5, 0.6) is 0 Å². The molecule has 4 N–H and O–H groups in total. The minimum Gasteiger partial charge on any atom is -0.481 e. The summed E-state index contributed by atoms with van der Waals surface area (Å²) >= 11 is 0. The van der Waals surface area contributed by atoms with Crippen LogP contribution in [-0.2, 0) is 16.1 Å². The van der Waals surface area contributed by atoms with Crippen molar-refractivity contribution in [2.24, 2.45) is 5.84 Å². The van der Waals surface area contributed by atoms with Gasteiger partial charge in [0.25, 0.3) is 0 Å². The summed E-state index contributed by atoms with van der Waals surface area (Å²) in [5.41, 5.74) is 0.993. The number of aldehydes is 1. The van der Waals surface area contributed by atoms with E-state index in [4.69, 9.17) is 16.2 Å². The number of rotatable bonds is 4. The van der Waals surface area contributed by atoms with Crippen molar-refractivity contribution in [3.63, 3.8) is 0 Å². The van der Waals surface area contributed by atoms with E-state index in [0.717, 1.165) is 5.56 Å². The molecule has 0 atom stereocenters. The number of carboxylic acids is 1. The van der Waals surface area contributed by atoms with Gasteiger partial charge in [-0.15, -0.1) is 5.17 Å². The van der Waals surface area contributed by atoms with Crippen molar-refractivity contribution in [1.82, 2.24) is 5.17 Å². The Balaban J connectivity index is 0.000000325. The van der Waals surface area contributed by atoms with Gasteiger partial charge >= 0.3 is 5.97 Å². The largest absolute Gasteiger partial charge is 0.481 e. The zero-order valence-corrected chi connectivity index (χ0v) is 8.61. The van der Waals surface area contributed by atoms with Crippen LogP contribution in [0.2, 0.25) is 0 Å². The Bertz CT molecular complexity index is 314. The summed E-state index contributed by atoms with van der Waals surface area (Å²) in [6.07, 6.45) is -0.0394. The molecule has 1 aromatic carbocycles. The topological polar surface area (TPSA) is 104 Å². The van der Waals surface area contributed by atoms with Gasteiger partial charge in [0.2, 0.25) is 0 Å². The lowest BCUT2D eigenvalue weighted by atomic mass is 10.2. The highest BCUT2D eigenvalue weighted by atomic mass is 16.5. The zero-order valence-electron chi connectivity index (χ0n) is 8.61. The minimum atomic E-state index is -1.08. The van der Waals surface area contributed by atoms with Crippen molar-refractivity contribution in [1.29, 1.82) is 0 Å². The molecule has 1 aromatic rings. The van der Waals surface area contributed by atoms with Crippen LogP contribution in [0.25, 0.3) is 0 Å². The predicted molar refractivity (Wildman–Crippen MR) is 56.3 cm³/mol. The number of carbonyl (C=O) groups excluding carboxylic acids is 1. The molecule has 0 amide bonds. The summed E-state index contributed by atoms with van der Waals surface area (Å²) in [6, 6.07) is 9.52. The summed E-state index contributed by atoms with van der Waals surface area (Å²) in [4.78, 5) is 18.6. The Labute approximate surface area is 92.8 Å². The summed E-state index contributed by atoms with van der Waals surface area (Å²) in [5, 5.41) is 17.0. The lowest BCUT2D eigenvalue weighted by Crippen LogP contribution is -2.25. The van der Waals surface area contributed by atoms with Crippen molar-refractivity contribution < 1.29 is 19.9 Å². The molecule has 0 fully saturated rings. The van der Waals surface area contributed by atoms with Gasteiger partial charge in [0.1, 0.15) is 12.7 Å². The van der Waals surface area contributed by atoms with E-state index in [2.05, 4.69) is 0 Å². The molecule has 88 valence electrons. The van der Waals surface area contributed by atoms with Crippen LogP contribution in [0.4, 0.5) is 0 Å². The van der Waals surface area contributed by atoms with Crippen LogP contribution in [0.15, 0.2) is 30.3 Å². The average molecular weight is 226 g/mol. The lowest BCUT2D eigenvalue weighted by molar-refractivity contribution is -0.138.